The van der Waals surface area contributed by atoms with Gasteiger partial charge in [0.1, 0.15) is 17.7 Å². The van der Waals surface area contributed by atoms with Gasteiger partial charge in [0.15, 0.2) is 0 Å². The molecule has 0 bridgehead atoms. The average Bonchev–Trinajstić information content (AvgIpc) is 3.30. The van der Waals surface area contributed by atoms with Gasteiger partial charge in [0.05, 0.1) is 6.61 Å². The van der Waals surface area contributed by atoms with E-state index in [9.17, 15) is 13.6 Å². The average molecular weight is 447 g/mol. The van der Waals surface area contributed by atoms with Crippen LogP contribution in [0, 0.1) is 35.3 Å². The van der Waals surface area contributed by atoms with Crippen molar-refractivity contribution in [2.75, 3.05) is 19.7 Å². The third-order valence-corrected chi connectivity index (χ3v) is 5.51. The first-order valence-corrected chi connectivity index (χ1v) is 10.6. The zero-order chi connectivity index (χ0) is 23.2. The summed E-state index contributed by atoms with van der Waals surface area (Å²) in [5.41, 5.74) is 1.89. The van der Waals surface area contributed by atoms with E-state index in [-0.39, 0.29) is 23.6 Å². The van der Waals surface area contributed by atoms with Crippen LogP contribution in [0.4, 0.5) is 8.78 Å². The SMILES string of the molecule is Cn1cccc(C(CC#CC#Cc2c[nH]c([C@H]3CNCCO3)c2)c2cc(F)ccc2F)c1=O. The first-order valence-electron chi connectivity index (χ1n) is 10.6. The van der Waals surface area contributed by atoms with Gasteiger partial charge in [-0.15, -0.1) is 0 Å². The van der Waals surface area contributed by atoms with Crippen molar-refractivity contribution in [3.63, 3.8) is 0 Å². The van der Waals surface area contributed by atoms with Crippen molar-refractivity contribution in [2.24, 2.45) is 7.05 Å². The molecular formula is C26H23F2N3O2. The highest BCUT2D eigenvalue weighted by Crippen LogP contribution is 2.28. The van der Waals surface area contributed by atoms with Crippen molar-refractivity contribution < 1.29 is 13.5 Å². The molecule has 4 rings (SSSR count). The third-order valence-electron chi connectivity index (χ3n) is 5.51. The van der Waals surface area contributed by atoms with Crippen LogP contribution >= 0.6 is 0 Å². The van der Waals surface area contributed by atoms with Gasteiger partial charge in [0.25, 0.3) is 5.56 Å². The number of ether oxygens (including phenoxy) is 1. The Bertz CT molecular complexity index is 1310. The summed E-state index contributed by atoms with van der Waals surface area (Å²) in [6.45, 7) is 2.24. The van der Waals surface area contributed by atoms with Gasteiger partial charge in [0, 0.05) is 61.7 Å². The van der Waals surface area contributed by atoms with Crippen molar-refractivity contribution in [3.05, 3.63) is 93.2 Å². The number of morpholine rings is 1. The van der Waals surface area contributed by atoms with E-state index in [4.69, 9.17) is 4.74 Å². The molecule has 1 unspecified atom stereocenters. The number of aromatic amines is 1. The van der Waals surface area contributed by atoms with Gasteiger partial charge in [-0.1, -0.05) is 17.9 Å². The molecule has 1 fully saturated rings. The molecule has 168 valence electrons. The molecule has 2 N–H and O–H groups in total. The van der Waals surface area contributed by atoms with Crippen molar-refractivity contribution >= 4 is 0 Å². The summed E-state index contributed by atoms with van der Waals surface area (Å²) < 4.78 is 35.5. The second kappa shape index (κ2) is 10.3. The molecule has 1 saturated heterocycles. The topological polar surface area (TPSA) is 59.1 Å². The van der Waals surface area contributed by atoms with Gasteiger partial charge in [-0.05, 0) is 47.7 Å². The number of nitrogens with zero attached hydrogens (tertiary/aromatic N) is 1. The Kier molecular flexibility index (Phi) is 7.04. The lowest BCUT2D eigenvalue weighted by Crippen LogP contribution is -2.33. The fourth-order valence-electron chi connectivity index (χ4n) is 3.79. The highest BCUT2D eigenvalue weighted by molar-refractivity contribution is 5.41. The lowest BCUT2D eigenvalue weighted by molar-refractivity contribution is 0.0253. The fraction of sp³-hybridized carbons (Fsp3) is 0.269. The standard InChI is InChI=1S/C26H23F2N3O2/c1-31-12-5-8-21(26(31)32)20(22-15-19(27)9-10-23(22)28)7-4-2-3-6-18-14-24(30-16-18)25-17-29-11-13-33-25/h5,8-10,12,14-16,20,25,29-30H,7,11,13,17H2,1H3/t20?,25-/m1/s1. The summed E-state index contributed by atoms with van der Waals surface area (Å²) in [6.07, 6.45) is 3.49. The maximum absolute atomic E-state index is 14.5. The van der Waals surface area contributed by atoms with Crippen LogP contribution in [0.3, 0.4) is 0 Å². The number of rotatable bonds is 4. The van der Waals surface area contributed by atoms with Crippen LogP contribution < -0.4 is 10.9 Å². The predicted molar refractivity (Wildman–Crippen MR) is 122 cm³/mol. The Morgan fingerprint density at radius 3 is 2.91 bits per heavy atom. The molecule has 33 heavy (non-hydrogen) atoms. The molecular weight excluding hydrogens is 424 g/mol. The summed E-state index contributed by atoms with van der Waals surface area (Å²) >= 11 is 0. The number of pyridine rings is 1. The molecule has 5 nitrogen and oxygen atoms in total. The minimum absolute atomic E-state index is 0.0317. The van der Waals surface area contributed by atoms with E-state index in [1.807, 2.05) is 6.07 Å². The van der Waals surface area contributed by atoms with Crippen molar-refractivity contribution in [2.45, 2.75) is 18.4 Å². The number of hydrogen-bond donors (Lipinski definition) is 2. The fourth-order valence-corrected chi connectivity index (χ4v) is 3.79. The Labute approximate surface area is 190 Å². The zero-order valence-electron chi connectivity index (χ0n) is 18.1. The molecule has 7 heteroatoms. The molecule has 0 spiro atoms. The van der Waals surface area contributed by atoms with Gasteiger partial charge in [0.2, 0.25) is 0 Å². The molecule has 1 aliphatic rings. The minimum atomic E-state index is -0.718. The molecule has 3 heterocycles. The molecule has 1 aromatic carbocycles. The second-order valence-corrected chi connectivity index (χ2v) is 7.76. The number of benzene rings is 1. The number of H-pyrrole nitrogens is 1. The van der Waals surface area contributed by atoms with E-state index in [1.165, 1.54) is 4.57 Å². The Morgan fingerprint density at radius 2 is 2.09 bits per heavy atom. The van der Waals surface area contributed by atoms with Crippen molar-refractivity contribution in [1.29, 1.82) is 0 Å². The van der Waals surface area contributed by atoms with Crippen LogP contribution in [-0.4, -0.2) is 29.2 Å². The first kappa shape index (κ1) is 22.5. The Hall–Kier alpha value is -3.65. The van der Waals surface area contributed by atoms with Crippen molar-refractivity contribution in [3.8, 4) is 23.7 Å². The number of aryl methyl sites for hydroxylation is 1. The van der Waals surface area contributed by atoms with E-state index in [2.05, 4.69) is 34.0 Å². The molecule has 2 atom stereocenters. The number of aromatic nitrogens is 2. The van der Waals surface area contributed by atoms with Gasteiger partial charge in [-0.25, -0.2) is 8.78 Å². The first-order chi connectivity index (χ1) is 16.0. The summed E-state index contributed by atoms with van der Waals surface area (Å²) in [7, 11) is 1.61. The zero-order valence-corrected chi connectivity index (χ0v) is 18.1. The van der Waals surface area contributed by atoms with E-state index in [1.54, 1.807) is 31.6 Å². The quantitative estimate of drug-likeness (QED) is 0.604. The normalized spacial score (nSPS) is 16.3. The van der Waals surface area contributed by atoms with Gasteiger partial charge in [-0.2, -0.15) is 0 Å². The molecule has 2 aromatic heterocycles. The maximum atomic E-state index is 14.5. The van der Waals surface area contributed by atoms with Crippen LogP contribution in [0.5, 0.6) is 0 Å². The minimum Gasteiger partial charge on any atom is -0.369 e. The van der Waals surface area contributed by atoms with Gasteiger partial charge < -0.3 is 19.6 Å². The van der Waals surface area contributed by atoms with Crippen LogP contribution in [0.15, 0.2) is 53.6 Å². The number of nitrogens with one attached hydrogen (secondary N) is 2. The summed E-state index contributed by atoms with van der Waals surface area (Å²) in [5, 5.41) is 3.28. The van der Waals surface area contributed by atoms with E-state index in [0.717, 1.165) is 42.5 Å². The largest absolute Gasteiger partial charge is 0.369 e. The van der Waals surface area contributed by atoms with Gasteiger partial charge in [-0.3, -0.25) is 4.79 Å². The molecule has 0 aliphatic carbocycles. The monoisotopic (exact) mass is 447 g/mol. The van der Waals surface area contributed by atoms with E-state index >= 15 is 0 Å². The smallest absolute Gasteiger partial charge is 0.254 e. The summed E-state index contributed by atoms with van der Waals surface area (Å²) in [4.78, 5) is 15.8. The van der Waals surface area contributed by atoms with E-state index in [0.29, 0.717) is 12.2 Å². The van der Waals surface area contributed by atoms with Crippen molar-refractivity contribution in [1.82, 2.24) is 14.9 Å². The summed E-state index contributed by atoms with van der Waals surface area (Å²) in [5.74, 6) is 9.56. The number of halogens is 2. The molecule has 0 amide bonds. The third kappa shape index (κ3) is 5.40. The van der Waals surface area contributed by atoms with Crippen LogP contribution in [0.2, 0.25) is 0 Å². The van der Waals surface area contributed by atoms with Crippen LogP contribution in [0.1, 0.15) is 40.8 Å². The maximum Gasteiger partial charge on any atom is 0.254 e. The predicted octanol–water partition coefficient (Wildman–Crippen LogP) is 3.23. The number of hydrogen-bond acceptors (Lipinski definition) is 3. The summed E-state index contributed by atoms with van der Waals surface area (Å²) in [6, 6.07) is 8.47. The van der Waals surface area contributed by atoms with Gasteiger partial charge >= 0.3 is 0 Å². The highest BCUT2D eigenvalue weighted by atomic mass is 19.1. The Balaban J connectivity index is 1.55. The lowest BCUT2D eigenvalue weighted by Gasteiger charge is -2.22. The molecule has 3 aromatic rings. The second-order valence-electron chi connectivity index (χ2n) is 7.76. The van der Waals surface area contributed by atoms with Crippen LogP contribution in [-0.2, 0) is 11.8 Å². The molecule has 0 radical (unpaired) electrons. The van der Waals surface area contributed by atoms with Crippen LogP contribution in [0.25, 0.3) is 0 Å². The molecule has 0 saturated carbocycles. The lowest BCUT2D eigenvalue weighted by atomic mass is 9.89. The Morgan fingerprint density at radius 1 is 1.21 bits per heavy atom. The van der Waals surface area contributed by atoms with E-state index < -0.39 is 17.6 Å². The molecule has 1 aliphatic heterocycles. The highest BCUT2D eigenvalue weighted by Gasteiger charge is 2.21.